The predicted octanol–water partition coefficient (Wildman–Crippen LogP) is 3.04. The second-order valence-corrected chi connectivity index (χ2v) is 6.50. The van der Waals surface area contributed by atoms with Gasteiger partial charge in [-0.2, -0.15) is 0 Å². The Bertz CT molecular complexity index is 407. The Morgan fingerprint density at radius 3 is 2.95 bits per heavy atom. The molecule has 1 saturated heterocycles. The van der Waals surface area contributed by atoms with E-state index in [1.165, 1.54) is 22.9 Å². The van der Waals surface area contributed by atoms with Crippen molar-refractivity contribution >= 4 is 15.9 Å². The molecule has 112 valence electrons. The van der Waals surface area contributed by atoms with Gasteiger partial charge in [-0.15, -0.1) is 0 Å². The summed E-state index contributed by atoms with van der Waals surface area (Å²) in [4.78, 5) is 2.38. The van der Waals surface area contributed by atoms with Gasteiger partial charge in [0.05, 0.1) is 6.10 Å². The van der Waals surface area contributed by atoms with E-state index in [1.54, 1.807) is 0 Å². The van der Waals surface area contributed by atoms with Crippen molar-refractivity contribution in [3.63, 3.8) is 0 Å². The summed E-state index contributed by atoms with van der Waals surface area (Å²) >= 11 is 3.61. The van der Waals surface area contributed by atoms with Crippen LogP contribution in [0.15, 0.2) is 28.7 Å². The van der Waals surface area contributed by atoms with Crippen LogP contribution in [-0.2, 0) is 11.3 Å². The summed E-state index contributed by atoms with van der Waals surface area (Å²) in [5, 5.41) is 3.53. The lowest BCUT2D eigenvalue weighted by Gasteiger charge is -2.26. The molecule has 1 aromatic carbocycles. The molecule has 1 N–H and O–H groups in total. The largest absolute Gasteiger partial charge is 0.377 e. The van der Waals surface area contributed by atoms with Crippen LogP contribution in [0.3, 0.4) is 0 Å². The van der Waals surface area contributed by atoms with E-state index in [-0.39, 0.29) is 0 Å². The van der Waals surface area contributed by atoms with Gasteiger partial charge in [0.15, 0.2) is 0 Å². The van der Waals surface area contributed by atoms with E-state index in [1.807, 2.05) is 0 Å². The zero-order chi connectivity index (χ0) is 14.4. The fourth-order valence-electron chi connectivity index (χ4n) is 2.47. The van der Waals surface area contributed by atoms with Crippen LogP contribution in [0, 0.1) is 0 Å². The first kappa shape index (κ1) is 16.0. The lowest BCUT2D eigenvalue weighted by atomic mass is 10.2. The van der Waals surface area contributed by atoms with Crippen molar-refractivity contribution < 1.29 is 4.74 Å². The molecule has 0 aromatic heterocycles. The van der Waals surface area contributed by atoms with Gasteiger partial charge in [0.1, 0.15) is 0 Å². The maximum absolute atomic E-state index is 5.62. The lowest BCUT2D eigenvalue weighted by molar-refractivity contribution is 0.108. The maximum atomic E-state index is 5.62. The number of hydrogen-bond donors (Lipinski definition) is 1. The third-order valence-electron chi connectivity index (χ3n) is 3.97. The highest BCUT2D eigenvalue weighted by Gasteiger charge is 2.16. The summed E-state index contributed by atoms with van der Waals surface area (Å²) in [6.45, 7) is 6.14. The average Bonchev–Trinajstić information content (AvgIpc) is 2.94. The monoisotopic (exact) mass is 340 g/mol. The quantitative estimate of drug-likeness (QED) is 0.825. The van der Waals surface area contributed by atoms with Crippen molar-refractivity contribution in [2.45, 2.75) is 38.5 Å². The van der Waals surface area contributed by atoms with Crippen LogP contribution in [-0.4, -0.2) is 43.8 Å². The van der Waals surface area contributed by atoms with Gasteiger partial charge in [0.25, 0.3) is 0 Å². The normalized spacial score (nSPS) is 20.5. The molecule has 1 fully saturated rings. The Balaban J connectivity index is 1.71. The van der Waals surface area contributed by atoms with Crippen LogP contribution >= 0.6 is 15.9 Å². The predicted molar refractivity (Wildman–Crippen MR) is 86.9 cm³/mol. The summed E-state index contributed by atoms with van der Waals surface area (Å²) in [6, 6.07) is 8.92. The lowest BCUT2D eigenvalue weighted by Crippen LogP contribution is -2.39. The smallest absolute Gasteiger partial charge is 0.0700 e. The molecular weight excluding hydrogens is 316 g/mol. The molecule has 0 aliphatic carbocycles. The summed E-state index contributed by atoms with van der Waals surface area (Å²) in [5.74, 6) is 0. The molecule has 2 unspecified atom stereocenters. The van der Waals surface area contributed by atoms with Gasteiger partial charge in [-0.05, 0) is 38.4 Å². The average molecular weight is 341 g/mol. The molecule has 1 heterocycles. The molecule has 0 bridgehead atoms. The maximum Gasteiger partial charge on any atom is 0.0700 e. The second kappa shape index (κ2) is 8.13. The summed E-state index contributed by atoms with van der Waals surface area (Å²) in [5.41, 5.74) is 1.33. The third kappa shape index (κ3) is 4.85. The molecule has 3 nitrogen and oxygen atoms in total. The zero-order valence-corrected chi connectivity index (χ0v) is 14.0. The Morgan fingerprint density at radius 1 is 1.45 bits per heavy atom. The van der Waals surface area contributed by atoms with Crippen molar-refractivity contribution in [2.75, 3.05) is 26.7 Å². The minimum Gasteiger partial charge on any atom is -0.377 e. The number of ether oxygens (including phenoxy) is 1. The van der Waals surface area contributed by atoms with E-state index in [0.717, 1.165) is 26.2 Å². The zero-order valence-electron chi connectivity index (χ0n) is 12.4. The fraction of sp³-hybridized carbons (Fsp3) is 0.625. The molecule has 2 atom stereocenters. The SMILES string of the molecule is CC(CNCC1CCCO1)N(C)Cc1ccccc1Br. The molecular formula is C16H25BrN2O. The second-order valence-electron chi connectivity index (χ2n) is 5.65. The van der Waals surface area contributed by atoms with Crippen molar-refractivity contribution in [1.29, 1.82) is 0 Å². The summed E-state index contributed by atoms with van der Waals surface area (Å²) in [6.07, 6.45) is 2.84. The Hall–Kier alpha value is -0.420. The third-order valence-corrected chi connectivity index (χ3v) is 4.74. The molecule has 0 amide bonds. The molecule has 1 aliphatic heterocycles. The highest BCUT2D eigenvalue weighted by atomic mass is 79.9. The van der Waals surface area contributed by atoms with Gasteiger partial charge in [-0.25, -0.2) is 0 Å². The van der Waals surface area contributed by atoms with Crippen molar-refractivity contribution in [3.05, 3.63) is 34.3 Å². The highest BCUT2D eigenvalue weighted by molar-refractivity contribution is 9.10. The van der Waals surface area contributed by atoms with E-state index in [4.69, 9.17) is 4.74 Å². The number of benzene rings is 1. The molecule has 2 rings (SSSR count). The van der Waals surface area contributed by atoms with Crippen LogP contribution in [0.4, 0.5) is 0 Å². The first-order valence-electron chi connectivity index (χ1n) is 7.43. The molecule has 4 heteroatoms. The summed E-state index contributed by atoms with van der Waals surface area (Å²) in [7, 11) is 2.18. The number of nitrogens with zero attached hydrogens (tertiary/aromatic N) is 1. The van der Waals surface area contributed by atoms with Gasteiger partial charge >= 0.3 is 0 Å². The number of hydrogen-bond acceptors (Lipinski definition) is 3. The van der Waals surface area contributed by atoms with E-state index < -0.39 is 0 Å². The molecule has 0 spiro atoms. The first-order valence-corrected chi connectivity index (χ1v) is 8.22. The topological polar surface area (TPSA) is 24.5 Å². The number of rotatable bonds is 7. The van der Waals surface area contributed by atoms with E-state index >= 15 is 0 Å². The van der Waals surface area contributed by atoms with Crippen molar-refractivity contribution in [1.82, 2.24) is 10.2 Å². The summed E-state index contributed by atoms with van der Waals surface area (Å²) < 4.78 is 6.81. The van der Waals surface area contributed by atoms with Crippen LogP contribution < -0.4 is 5.32 Å². The van der Waals surface area contributed by atoms with Gasteiger partial charge in [0, 0.05) is 36.8 Å². The molecule has 1 aromatic rings. The van der Waals surface area contributed by atoms with Gasteiger partial charge in [0.2, 0.25) is 0 Å². The van der Waals surface area contributed by atoms with Crippen LogP contribution in [0.2, 0.25) is 0 Å². The van der Waals surface area contributed by atoms with E-state index in [2.05, 4.69) is 64.4 Å². The minimum absolute atomic E-state index is 0.427. The number of nitrogens with one attached hydrogen (secondary N) is 1. The number of likely N-dealkylation sites (N-methyl/N-ethyl adjacent to an activating group) is 1. The van der Waals surface area contributed by atoms with Crippen LogP contribution in [0.5, 0.6) is 0 Å². The van der Waals surface area contributed by atoms with Crippen molar-refractivity contribution in [2.24, 2.45) is 0 Å². The Kier molecular flexibility index (Phi) is 6.49. The highest BCUT2D eigenvalue weighted by Crippen LogP contribution is 2.18. The van der Waals surface area contributed by atoms with Gasteiger partial charge in [-0.3, -0.25) is 4.90 Å². The Morgan fingerprint density at radius 2 is 2.25 bits per heavy atom. The van der Waals surface area contributed by atoms with Crippen molar-refractivity contribution in [3.8, 4) is 0 Å². The number of halogens is 1. The molecule has 0 radical (unpaired) electrons. The van der Waals surface area contributed by atoms with E-state index in [0.29, 0.717) is 12.1 Å². The first-order chi connectivity index (χ1) is 9.66. The molecule has 0 saturated carbocycles. The van der Waals surface area contributed by atoms with Gasteiger partial charge < -0.3 is 10.1 Å². The minimum atomic E-state index is 0.427. The van der Waals surface area contributed by atoms with E-state index in [9.17, 15) is 0 Å². The molecule has 1 aliphatic rings. The Labute approximate surface area is 130 Å². The van der Waals surface area contributed by atoms with Crippen LogP contribution in [0.25, 0.3) is 0 Å². The standard InChI is InChI=1S/C16H25BrN2O/c1-13(10-18-11-15-7-5-9-20-15)19(2)12-14-6-3-4-8-16(14)17/h3-4,6,8,13,15,18H,5,7,9-12H2,1-2H3. The molecule has 20 heavy (non-hydrogen) atoms. The fourth-order valence-corrected chi connectivity index (χ4v) is 2.88. The van der Waals surface area contributed by atoms with Crippen LogP contribution in [0.1, 0.15) is 25.3 Å². The van der Waals surface area contributed by atoms with Gasteiger partial charge in [-0.1, -0.05) is 34.1 Å².